The molecule has 16 heavy (non-hydrogen) atoms. The summed E-state index contributed by atoms with van der Waals surface area (Å²) in [5, 5.41) is 3.69. The van der Waals surface area contributed by atoms with Crippen LogP contribution in [0.15, 0.2) is 6.20 Å². The number of piperidine rings is 1. The molecule has 0 spiro atoms. The Morgan fingerprint density at radius 3 is 3.19 bits per heavy atom. The number of nitrogens with two attached hydrogens (primary N) is 1. The van der Waals surface area contributed by atoms with Crippen molar-refractivity contribution in [3.8, 4) is 0 Å². The molecule has 1 aromatic rings. The monoisotopic (exact) mass is 240 g/mol. The first-order valence-corrected chi connectivity index (χ1v) is 6.28. The Morgan fingerprint density at radius 2 is 2.56 bits per heavy atom. The van der Waals surface area contributed by atoms with Crippen LogP contribution in [0, 0.1) is 5.92 Å². The van der Waals surface area contributed by atoms with Gasteiger partial charge >= 0.3 is 0 Å². The molecule has 0 radical (unpaired) electrons. The van der Waals surface area contributed by atoms with Gasteiger partial charge in [-0.25, -0.2) is 0 Å². The van der Waals surface area contributed by atoms with E-state index >= 15 is 0 Å². The molecule has 2 unspecified atom stereocenters. The number of carbonyl (C=O) groups is 1. The molecule has 2 heterocycles. The summed E-state index contributed by atoms with van der Waals surface area (Å²) in [7, 11) is 0. The lowest BCUT2D eigenvalue weighted by Gasteiger charge is -2.34. The van der Waals surface area contributed by atoms with Crippen LogP contribution in [0.2, 0.25) is 0 Å². The summed E-state index contributed by atoms with van der Waals surface area (Å²) < 4.78 is 3.71. The van der Waals surface area contributed by atoms with Crippen molar-refractivity contribution in [2.24, 2.45) is 11.7 Å². The van der Waals surface area contributed by atoms with Crippen molar-refractivity contribution in [2.45, 2.75) is 25.8 Å². The maximum absolute atomic E-state index is 12.0. The van der Waals surface area contributed by atoms with E-state index in [9.17, 15) is 4.79 Å². The Hall–Kier alpha value is -1.01. The molecule has 1 amide bonds. The van der Waals surface area contributed by atoms with Crippen LogP contribution >= 0.6 is 11.5 Å². The number of nitrogens with zero attached hydrogens (tertiary/aromatic N) is 3. The molecule has 1 fully saturated rings. The molecule has 1 aromatic heterocycles. The lowest BCUT2D eigenvalue weighted by molar-refractivity contribution is 0.0665. The maximum atomic E-state index is 12.0. The van der Waals surface area contributed by atoms with Gasteiger partial charge in [-0.1, -0.05) is 4.49 Å². The largest absolute Gasteiger partial charge is 0.338 e. The van der Waals surface area contributed by atoms with Gasteiger partial charge in [-0.2, -0.15) is 0 Å². The van der Waals surface area contributed by atoms with Gasteiger partial charge in [0.05, 0.1) is 6.20 Å². The first-order valence-electron chi connectivity index (χ1n) is 5.50. The molecule has 2 N–H and O–H groups in total. The lowest BCUT2D eigenvalue weighted by atomic mass is 9.92. The highest BCUT2D eigenvalue weighted by Crippen LogP contribution is 2.20. The summed E-state index contributed by atoms with van der Waals surface area (Å²) in [5.74, 6) is 0.457. The highest BCUT2D eigenvalue weighted by atomic mass is 32.1. The fourth-order valence-corrected chi connectivity index (χ4v) is 2.52. The van der Waals surface area contributed by atoms with Crippen LogP contribution in [0.1, 0.15) is 29.4 Å². The van der Waals surface area contributed by atoms with Crippen molar-refractivity contribution in [1.29, 1.82) is 0 Å². The van der Waals surface area contributed by atoms with Crippen LogP contribution in [0.25, 0.3) is 0 Å². The average molecular weight is 240 g/mol. The molecule has 5 nitrogen and oxygen atoms in total. The Labute approximate surface area is 98.8 Å². The second kappa shape index (κ2) is 4.88. The van der Waals surface area contributed by atoms with Crippen LogP contribution in [0.5, 0.6) is 0 Å². The Morgan fingerprint density at radius 1 is 1.75 bits per heavy atom. The number of amides is 1. The maximum Gasteiger partial charge on any atom is 0.267 e. The molecule has 0 bridgehead atoms. The molecule has 0 saturated carbocycles. The van der Waals surface area contributed by atoms with E-state index in [1.807, 2.05) is 11.8 Å². The third-order valence-corrected chi connectivity index (χ3v) is 3.71. The third kappa shape index (κ3) is 2.38. The molecule has 2 rings (SSSR count). The molecular formula is C10H16N4OS. The molecule has 1 saturated heterocycles. The van der Waals surface area contributed by atoms with Crippen LogP contribution in [-0.4, -0.2) is 39.5 Å². The van der Waals surface area contributed by atoms with E-state index in [4.69, 9.17) is 5.73 Å². The zero-order valence-corrected chi connectivity index (χ0v) is 10.1. The number of aromatic nitrogens is 2. The van der Waals surface area contributed by atoms with Crippen molar-refractivity contribution in [2.75, 3.05) is 13.1 Å². The third-order valence-electron chi connectivity index (χ3n) is 3.06. The zero-order chi connectivity index (χ0) is 11.5. The molecule has 0 aromatic carbocycles. The standard InChI is InChI=1S/C10H16N4OS/c1-7(11)8-3-2-4-14(6-8)10(15)9-5-12-13-16-9/h5,7-8H,2-4,6,11H2,1H3. The fraction of sp³-hybridized carbons (Fsp3) is 0.700. The molecule has 6 heteroatoms. The smallest absolute Gasteiger partial charge is 0.267 e. The number of carbonyl (C=O) groups excluding carboxylic acids is 1. The topological polar surface area (TPSA) is 72.1 Å². The van der Waals surface area contributed by atoms with E-state index < -0.39 is 0 Å². The van der Waals surface area contributed by atoms with Gasteiger partial charge in [0, 0.05) is 19.1 Å². The van der Waals surface area contributed by atoms with Gasteiger partial charge in [0.1, 0.15) is 4.88 Å². The van der Waals surface area contributed by atoms with Gasteiger partial charge in [-0.3, -0.25) is 4.79 Å². The van der Waals surface area contributed by atoms with E-state index in [-0.39, 0.29) is 11.9 Å². The molecule has 1 aliphatic heterocycles. The van der Waals surface area contributed by atoms with Crippen molar-refractivity contribution in [3.63, 3.8) is 0 Å². The van der Waals surface area contributed by atoms with Gasteiger partial charge in [-0.15, -0.1) is 5.10 Å². The van der Waals surface area contributed by atoms with Crippen molar-refractivity contribution >= 4 is 17.4 Å². The predicted molar refractivity (Wildman–Crippen MR) is 62.2 cm³/mol. The highest BCUT2D eigenvalue weighted by Gasteiger charge is 2.27. The molecule has 1 aliphatic rings. The first kappa shape index (κ1) is 11.5. The minimum Gasteiger partial charge on any atom is -0.338 e. The summed E-state index contributed by atoms with van der Waals surface area (Å²) in [6.07, 6.45) is 3.68. The van der Waals surface area contributed by atoms with Crippen molar-refractivity contribution < 1.29 is 4.79 Å². The first-order chi connectivity index (χ1) is 7.68. The second-order valence-corrected chi connectivity index (χ2v) is 5.08. The Bertz CT molecular complexity index is 352. The minimum atomic E-state index is 0.0420. The summed E-state index contributed by atoms with van der Waals surface area (Å²) >= 11 is 1.15. The summed E-state index contributed by atoms with van der Waals surface area (Å²) in [5.41, 5.74) is 5.89. The molecule has 0 aliphatic carbocycles. The normalized spacial score (nSPS) is 23.1. The number of rotatable bonds is 2. The predicted octanol–water partition coefficient (Wildman–Crippen LogP) is 0.737. The van der Waals surface area contributed by atoms with Crippen LogP contribution in [-0.2, 0) is 0 Å². The van der Waals surface area contributed by atoms with Crippen molar-refractivity contribution in [3.05, 3.63) is 11.1 Å². The molecule has 88 valence electrons. The highest BCUT2D eigenvalue weighted by molar-refractivity contribution is 7.07. The SMILES string of the molecule is CC(N)C1CCCN(C(=O)c2cnns2)C1. The number of likely N-dealkylation sites (tertiary alicyclic amines) is 1. The quantitative estimate of drug-likeness (QED) is 0.827. The molecule has 2 atom stereocenters. The zero-order valence-electron chi connectivity index (χ0n) is 9.30. The summed E-state index contributed by atoms with van der Waals surface area (Å²) in [6, 6.07) is 0.148. The van der Waals surface area contributed by atoms with Gasteiger partial charge in [0.2, 0.25) is 0 Å². The minimum absolute atomic E-state index is 0.0420. The van der Waals surface area contributed by atoms with Gasteiger partial charge in [0.15, 0.2) is 0 Å². The van der Waals surface area contributed by atoms with Crippen molar-refractivity contribution in [1.82, 2.24) is 14.5 Å². The molecular weight excluding hydrogens is 224 g/mol. The second-order valence-electron chi connectivity index (χ2n) is 4.29. The number of hydrogen-bond donors (Lipinski definition) is 1. The Kier molecular flexibility index (Phi) is 3.50. The number of hydrogen-bond acceptors (Lipinski definition) is 5. The van der Waals surface area contributed by atoms with Crippen LogP contribution < -0.4 is 5.73 Å². The van der Waals surface area contributed by atoms with E-state index in [0.717, 1.165) is 37.5 Å². The summed E-state index contributed by atoms with van der Waals surface area (Å²) in [6.45, 7) is 3.58. The lowest BCUT2D eigenvalue weighted by Crippen LogP contribution is -2.44. The summed E-state index contributed by atoms with van der Waals surface area (Å²) in [4.78, 5) is 14.5. The van der Waals surface area contributed by atoms with E-state index in [1.54, 1.807) is 0 Å². The van der Waals surface area contributed by atoms with Gasteiger partial charge in [-0.05, 0) is 37.2 Å². The van der Waals surface area contributed by atoms with E-state index in [2.05, 4.69) is 9.59 Å². The van der Waals surface area contributed by atoms with E-state index in [0.29, 0.717) is 10.8 Å². The van der Waals surface area contributed by atoms with Gasteiger partial charge in [0.25, 0.3) is 5.91 Å². The Balaban J connectivity index is 2.02. The average Bonchev–Trinajstić information content (AvgIpc) is 2.81. The van der Waals surface area contributed by atoms with E-state index in [1.165, 1.54) is 6.20 Å². The van der Waals surface area contributed by atoms with Gasteiger partial charge < -0.3 is 10.6 Å². The van der Waals surface area contributed by atoms with Crippen LogP contribution in [0.3, 0.4) is 0 Å². The van der Waals surface area contributed by atoms with Crippen LogP contribution in [0.4, 0.5) is 0 Å². The fourth-order valence-electron chi connectivity index (χ4n) is 2.04.